The molecule has 0 radical (unpaired) electrons. The molecule has 0 nitrogen and oxygen atoms in total. The molecule has 0 aromatic rings. The van der Waals surface area contributed by atoms with Gasteiger partial charge in [0.15, 0.2) is 0 Å². The molecule has 0 saturated carbocycles. The highest BCUT2D eigenvalue weighted by molar-refractivity contribution is 7.80. The van der Waals surface area contributed by atoms with Crippen molar-refractivity contribution in [1.29, 1.82) is 0 Å². The van der Waals surface area contributed by atoms with E-state index in [1.165, 1.54) is 148 Å². The van der Waals surface area contributed by atoms with Crippen LogP contribution in [0.1, 0.15) is 162 Å². The van der Waals surface area contributed by atoms with Gasteiger partial charge in [-0.2, -0.15) is 12.6 Å². The first-order valence-electron chi connectivity index (χ1n) is 13.0. The van der Waals surface area contributed by atoms with Crippen LogP contribution in [0.2, 0.25) is 0 Å². The largest absolute Gasteiger partial charge is 0.176 e. The van der Waals surface area contributed by atoms with Crippen molar-refractivity contribution in [3.8, 4) is 0 Å². The van der Waals surface area contributed by atoms with Crippen molar-refractivity contribution in [1.82, 2.24) is 0 Å². The predicted molar refractivity (Wildman–Crippen MR) is 130 cm³/mol. The average Bonchev–Trinajstić information content (AvgIpc) is 2.67. The molecule has 0 amide bonds. The molecule has 0 aliphatic carbocycles. The second kappa shape index (κ2) is 24.4. The van der Waals surface area contributed by atoms with E-state index in [4.69, 9.17) is 12.6 Å². The van der Waals surface area contributed by atoms with E-state index in [0.29, 0.717) is 5.25 Å². The summed E-state index contributed by atoms with van der Waals surface area (Å²) in [5, 5.41) is 0.664. The highest BCUT2D eigenvalue weighted by Gasteiger charge is 2.03. The van der Waals surface area contributed by atoms with Crippen molar-refractivity contribution < 1.29 is 0 Å². The lowest BCUT2D eigenvalue weighted by atomic mass is 10.0. The fourth-order valence-corrected chi connectivity index (χ4v) is 4.42. The minimum absolute atomic E-state index is 0.664. The molecule has 0 heterocycles. The third kappa shape index (κ3) is 24.3. The van der Waals surface area contributed by atoms with Gasteiger partial charge in [-0.3, -0.25) is 0 Å². The van der Waals surface area contributed by atoms with Crippen molar-refractivity contribution >= 4 is 12.6 Å². The lowest BCUT2D eigenvalue weighted by molar-refractivity contribution is 0.523. The van der Waals surface area contributed by atoms with E-state index >= 15 is 0 Å². The Kier molecular flexibility index (Phi) is 24.7. The number of rotatable bonds is 23. The topological polar surface area (TPSA) is 0 Å². The Morgan fingerprint density at radius 3 is 0.852 bits per heavy atom. The number of unbranched alkanes of at least 4 members (excludes halogenated alkanes) is 19. The summed E-state index contributed by atoms with van der Waals surface area (Å²) in [6, 6.07) is 0. The summed E-state index contributed by atoms with van der Waals surface area (Å²) < 4.78 is 0. The first-order valence-corrected chi connectivity index (χ1v) is 13.5. The van der Waals surface area contributed by atoms with Gasteiger partial charge in [-0.1, -0.05) is 149 Å². The van der Waals surface area contributed by atoms with Crippen LogP contribution in [-0.4, -0.2) is 5.25 Å². The Labute approximate surface area is 179 Å². The first kappa shape index (κ1) is 27.4. The van der Waals surface area contributed by atoms with Gasteiger partial charge in [0.1, 0.15) is 0 Å². The molecule has 1 heteroatoms. The normalized spacial score (nSPS) is 12.6. The van der Waals surface area contributed by atoms with Gasteiger partial charge in [-0.15, -0.1) is 0 Å². The molecular formula is C26H54S. The van der Waals surface area contributed by atoms with E-state index < -0.39 is 0 Å². The molecule has 0 aliphatic heterocycles. The van der Waals surface area contributed by atoms with E-state index in [9.17, 15) is 0 Å². The summed E-state index contributed by atoms with van der Waals surface area (Å²) in [6.45, 7) is 4.60. The van der Waals surface area contributed by atoms with Gasteiger partial charge in [-0.05, 0) is 12.8 Å². The van der Waals surface area contributed by atoms with Crippen molar-refractivity contribution in [2.24, 2.45) is 0 Å². The molecule has 0 fully saturated rings. The Morgan fingerprint density at radius 2 is 0.593 bits per heavy atom. The standard InChI is InChI=1S/C26H54S/c1-3-5-7-9-11-13-15-17-19-21-23-25-26(27)24-22-20-18-16-14-12-10-8-6-4-2/h26-27H,3-25H2,1-2H3. The van der Waals surface area contributed by atoms with Crippen LogP contribution in [0.15, 0.2) is 0 Å². The molecule has 0 N–H and O–H groups in total. The average molecular weight is 399 g/mol. The molecule has 0 bridgehead atoms. The quantitative estimate of drug-likeness (QED) is 0.128. The third-order valence-electron chi connectivity index (χ3n) is 6.03. The van der Waals surface area contributed by atoms with Gasteiger partial charge in [0.05, 0.1) is 0 Å². The van der Waals surface area contributed by atoms with Gasteiger partial charge in [-0.25, -0.2) is 0 Å². The van der Waals surface area contributed by atoms with E-state index in [2.05, 4.69) is 13.8 Å². The van der Waals surface area contributed by atoms with Crippen molar-refractivity contribution in [2.45, 2.75) is 167 Å². The van der Waals surface area contributed by atoms with Gasteiger partial charge in [0.25, 0.3) is 0 Å². The number of thiol groups is 1. The van der Waals surface area contributed by atoms with Gasteiger partial charge < -0.3 is 0 Å². The van der Waals surface area contributed by atoms with Crippen LogP contribution in [0.25, 0.3) is 0 Å². The molecule has 1 unspecified atom stereocenters. The van der Waals surface area contributed by atoms with E-state index in [-0.39, 0.29) is 0 Å². The summed E-state index contributed by atoms with van der Waals surface area (Å²) in [6.07, 6.45) is 33.0. The summed E-state index contributed by atoms with van der Waals surface area (Å²) >= 11 is 4.82. The minimum atomic E-state index is 0.664. The maximum atomic E-state index is 4.82. The third-order valence-corrected chi connectivity index (χ3v) is 6.55. The van der Waals surface area contributed by atoms with Crippen LogP contribution in [0.4, 0.5) is 0 Å². The van der Waals surface area contributed by atoms with Crippen LogP contribution in [0, 0.1) is 0 Å². The van der Waals surface area contributed by atoms with Crippen molar-refractivity contribution in [3.05, 3.63) is 0 Å². The Morgan fingerprint density at radius 1 is 0.370 bits per heavy atom. The summed E-state index contributed by atoms with van der Waals surface area (Å²) in [5.41, 5.74) is 0. The second-order valence-electron chi connectivity index (χ2n) is 8.95. The summed E-state index contributed by atoms with van der Waals surface area (Å²) in [4.78, 5) is 0. The highest BCUT2D eigenvalue weighted by Crippen LogP contribution is 2.18. The first-order chi connectivity index (χ1) is 13.3. The van der Waals surface area contributed by atoms with Gasteiger partial charge >= 0.3 is 0 Å². The lowest BCUT2D eigenvalue weighted by Crippen LogP contribution is -1.98. The Bertz CT molecular complexity index is 251. The maximum absolute atomic E-state index is 4.82. The fraction of sp³-hybridized carbons (Fsp3) is 1.00. The van der Waals surface area contributed by atoms with Crippen LogP contribution in [0.3, 0.4) is 0 Å². The SMILES string of the molecule is CCCCCCCCCCCCCC(S)CCCCCCCCCCCC. The second-order valence-corrected chi connectivity index (χ2v) is 9.68. The number of hydrogen-bond acceptors (Lipinski definition) is 1. The Balaban J connectivity index is 3.12. The molecule has 0 aliphatic rings. The fourth-order valence-electron chi connectivity index (χ4n) is 4.06. The molecule has 0 rings (SSSR count). The molecule has 0 spiro atoms. The zero-order valence-electron chi connectivity index (χ0n) is 19.3. The van der Waals surface area contributed by atoms with Crippen LogP contribution >= 0.6 is 12.6 Å². The smallest absolute Gasteiger partial charge is 0.00168 e. The van der Waals surface area contributed by atoms with Crippen LogP contribution in [0.5, 0.6) is 0 Å². The van der Waals surface area contributed by atoms with E-state index in [1.54, 1.807) is 0 Å². The van der Waals surface area contributed by atoms with E-state index in [0.717, 1.165) is 0 Å². The van der Waals surface area contributed by atoms with Crippen molar-refractivity contribution in [2.75, 3.05) is 0 Å². The van der Waals surface area contributed by atoms with Gasteiger partial charge in [0, 0.05) is 5.25 Å². The summed E-state index contributed by atoms with van der Waals surface area (Å²) in [5.74, 6) is 0. The van der Waals surface area contributed by atoms with Crippen LogP contribution in [-0.2, 0) is 0 Å². The molecule has 0 aromatic heterocycles. The zero-order valence-corrected chi connectivity index (χ0v) is 20.2. The minimum Gasteiger partial charge on any atom is -0.176 e. The molecule has 164 valence electrons. The monoisotopic (exact) mass is 398 g/mol. The highest BCUT2D eigenvalue weighted by atomic mass is 32.1. The zero-order chi connectivity index (χ0) is 19.8. The van der Waals surface area contributed by atoms with Gasteiger partial charge in [0.2, 0.25) is 0 Å². The van der Waals surface area contributed by atoms with Crippen molar-refractivity contribution in [3.63, 3.8) is 0 Å². The summed E-state index contributed by atoms with van der Waals surface area (Å²) in [7, 11) is 0. The molecule has 27 heavy (non-hydrogen) atoms. The molecule has 1 atom stereocenters. The molecule has 0 saturated heterocycles. The van der Waals surface area contributed by atoms with Crippen LogP contribution < -0.4 is 0 Å². The predicted octanol–water partition coefficient (Wildman–Crippen LogP) is 10.3. The molecule has 0 aromatic carbocycles. The number of hydrogen-bond donors (Lipinski definition) is 1. The Hall–Kier alpha value is 0.350. The molecular weight excluding hydrogens is 344 g/mol. The maximum Gasteiger partial charge on any atom is 0.00168 e. The van der Waals surface area contributed by atoms with E-state index in [1.807, 2.05) is 0 Å². The lowest BCUT2D eigenvalue weighted by Gasteiger charge is -2.10.